The maximum Gasteiger partial charge on any atom is 0.230 e. The predicted molar refractivity (Wildman–Crippen MR) is 91.8 cm³/mol. The van der Waals surface area contributed by atoms with Gasteiger partial charge in [0.25, 0.3) is 0 Å². The summed E-state index contributed by atoms with van der Waals surface area (Å²) in [4.78, 5) is 13.9. The molecule has 5 heteroatoms. The summed E-state index contributed by atoms with van der Waals surface area (Å²) in [5.41, 5.74) is 6.55. The Labute approximate surface area is 133 Å². The first kappa shape index (κ1) is 15.8. The summed E-state index contributed by atoms with van der Waals surface area (Å²) in [7, 11) is 0. The number of carbonyl (C=O) groups is 1. The standard InChI is InChI=1S/C16H18N2OS2/c17-14-8-4-5-9-15(14)21-12-16(19)18-10-11-20-13-6-2-1-3-7-13/h1-9H,10-12,17H2,(H,18,19). The summed E-state index contributed by atoms with van der Waals surface area (Å²) in [5, 5.41) is 2.92. The Morgan fingerprint density at radius 3 is 2.48 bits per heavy atom. The second-order valence-corrected chi connectivity index (χ2v) is 6.52. The number of nitrogen functional groups attached to an aromatic ring is 1. The molecule has 2 rings (SSSR count). The fraction of sp³-hybridized carbons (Fsp3) is 0.188. The fourth-order valence-corrected chi connectivity index (χ4v) is 3.27. The van der Waals surface area contributed by atoms with E-state index in [0.29, 0.717) is 12.3 Å². The van der Waals surface area contributed by atoms with E-state index in [1.54, 1.807) is 11.8 Å². The van der Waals surface area contributed by atoms with Gasteiger partial charge in [-0.1, -0.05) is 30.3 Å². The second kappa shape index (κ2) is 8.64. The van der Waals surface area contributed by atoms with Crippen LogP contribution >= 0.6 is 23.5 Å². The summed E-state index contributed by atoms with van der Waals surface area (Å²) in [6.45, 7) is 0.670. The van der Waals surface area contributed by atoms with Crippen molar-refractivity contribution in [2.24, 2.45) is 0 Å². The van der Waals surface area contributed by atoms with Gasteiger partial charge < -0.3 is 11.1 Å². The van der Waals surface area contributed by atoms with Crippen molar-refractivity contribution in [1.82, 2.24) is 5.32 Å². The van der Waals surface area contributed by atoms with Crippen LogP contribution in [-0.4, -0.2) is 24.0 Å². The van der Waals surface area contributed by atoms with Crippen molar-refractivity contribution in [3.05, 3.63) is 54.6 Å². The molecule has 0 atom stereocenters. The third-order valence-corrected chi connectivity index (χ3v) is 4.82. The highest BCUT2D eigenvalue weighted by Crippen LogP contribution is 2.23. The van der Waals surface area contributed by atoms with Crippen LogP contribution in [0.3, 0.4) is 0 Å². The van der Waals surface area contributed by atoms with Crippen molar-refractivity contribution < 1.29 is 4.79 Å². The number of thioether (sulfide) groups is 2. The van der Waals surface area contributed by atoms with Crippen molar-refractivity contribution in [1.29, 1.82) is 0 Å². The van der Waals surface area contributed by atoms with Gasteiger partial charge in [-0.15, -0.1) is 23.5 Å². The van der Waals surface area contributed by atoms with E-state index in [1.807, 2.05) is 42.5 Å². The lowest BCUT2D eigenvalue weighted by Crippen LogP contribution is -2.27. The Bertz CT molecular complexity index is 575. The molecule has 1 amide bonds. The molecular weight excluding hydrogens is 300 g/mol. The van der Waals surface area contributed by atoms with Gasteiger partial charge in [0.05, 0.1) is 5.75 Å². The van der Waals surface area contributed by atoms with Crippen LogP contribution in [-0.2, 0) is 4.79 Å². The number of rotatable bonds is 7. The molecule has 21 heavy (non-hydrogen) atoms. The molecular formula is C16H18N2OS2. The topological polar surface area (TPSA) is 55.1 Å². The molecule has 3 N–H and O–H groups in total. The number of para-hydroxylation sites is 1. The number of amides is 1. The van der Waals surface area contributed by atoms with E-state index in [4.69, 9.17) is 5.73 Å². The fourth-order valence-electron chi connectivity index (χ4n) is 1.68. The molecule has 0 saturated carbocycles. The van der Waals surface area contributed by atoms with Crippen LogP contribution in [0.1, 0.15) is 0 Å². The molecule has 0 radical (unpaired) electrons. The van der Waals surface area contributed by atoms with Crippen molar-refractivity contribution >= 4 is 35.1 Å². The zero-order valence-corrected chi connectivity index (χ0v) is 13.3. The lowest BCUT2D eigenvalue weighted by atomic mass is 10.3. The van der Waals surface area contributed by atoms with Crippen LogP contribution in [0.5, 0.6) is 0 Å². The number of anilines is 1. The van der Waals surface area contributed by atoms with Crippen LogP contribution in [0.4, 0.5) is 5.69 Å². The highest BCUT2D eigenvalue weighted by atomic mass is 32.2. The molecule has 2 aromatic rings. The van der Waals surface area contributed by atoms with E-state index in [0.717, 1.165) is 16.3 Å². The third-order valence-electron chi connectivity index (χ3n) is 2.71. The van der Waals surface area contributed by atoms with Crippen molar-refractivity contribution in [3.8, 4) is 0 Å². The molecule has 2 aromatic carbocycles. The SMILES string of the molecule is Nc1ccccc1SCC(=O)NCCSc1ccccc1. The van der Waals surface area contributed by atoms with Crippen molar-refractivity contribution in [2.75, 3.05) is 23.8 Å². The third kappa shape index (κ3) is 5.73. The van der Waals surface area contributed by atoms with Gasteiger partial charge in [-0.3, -0.25) is 4.79 Å². The zero-order chi connectivity index (χ0) is 14.9. The first-order valence-corrected chi connectivity index (χ1v) is 8.64. The van der Waals surface area contributed by atoms with E-state index in [2.05, 4.69) is 17.4 Å². The van der Waals surface area contributed by atoms with Gasteiger partial charge in [0.15, 0.2) is 0 Å². The molecule has 0 aromatic heterocycles. The van der Waals surface area contributed by atoms with Crippen molar-refractivity contribution in [3.63, 3.8) is 0 Å². The van der Waals surface area contributed by atoms with E-state index >= 15 is 0 Å². The lowest BCUT2D eigenvalue weighted by molar-refractivity contribution is -0.118. The monoisotopic (exact) mass is 318 g/mol. The largest absolute Gasteiger partial charge is 0.398 e. The molecule has 3 nitrogen and oxygen atoms in total. The number of hydrogen-bond donors (Lipinski definition) is 2. The second-order valence-electron chi connectivity index (χ2n) is 4.34. The Kier molecular flexibility index (Phi) is 6.50. The average Bonchev–Trinajstić information content (AvgIpc) is 2.52. The molecule has 110 valence electrons. The Morgan fingerprint density at radius 2 is 1.71 bits per heavy atom. The first-order chi connectivity index (χ1) is 10.3. The van der Waals surface area contributed by atoms with Crippen LogP contribution in [0.25, 0.3) is 0 Å². The van der Waals surface area contributed by atoms with Gasteiger partial charge in [0.1, 0.15) is 0 Å². The summed E-state index contributed by atoms with van der Waals surface area (Å²) in [6.07, 6.45) is 0. The van der Waals surface area contributed by atoms with Gasteiger partial charge in [-0.2, -0.15) is 0 Å². The van der Waals surface area contributed by atoms with Crippen LogP contribution < -0.4 is 11.1 Å². The van der Waals surface area contributed by atoms with Crippen LogP contribution in [0.15, 0.2) is 64.4 Å². The quantitative estimate of drug-likeness (QED) is 0.467. The molecule has 0 unspecified atom stereocenters. The predicted octanol–water partition coefficient (Wildman–Crippen LogP) is 3.27. The summed E-state index contributed by atoms with van der Waals surface area (Å²) in [5.74, 6) is 1.30. The van der Waals surface area contributed by atoms with E-state index in [9.17, 15) is 4.79 Å². The Balaban J connectivity index is 1.63. The number of benzene rings is 2. The number of carbonyl (C=O) groups excluding carboxylic acids is 1. The minimum Gasteiger partial charge on any atom is -0.398 e. The zero-order valence-electron chi connectivity index (χ0n) is 11.6. The lowest BCUT2D eigenvalue weighted by Gasteiger charge is -2.06. The van der Waals surface area contributed by atoms with Gasteiger partial charge in [-0.05, 0) is 24.3 Å². The van der Waals surface area contributed by atoms with Gasteiger partial charge in [0, 0.05) is 27.8 Å². The molecule has 0 bridgehead atoms. The van der Waals surface area contributed by atoms with E-state index in [-0.39, 0.29) is 5.91 Å². The average molecular weight is 318 g/mol. The molecule has 0 aliphatic rings. The molecule has 0 aliphatic carbocycles. The minimum atomic E-state index is 0.0388. The molecule has 0 fully saturated rings. The maximum atomic E-state index is 11.8. The van der Waals surface area contributed by atoms with Gasteiger partial charge in [0.2, 0.25) is 5.91 Å². The summed E-state index contributed by atoms with van der Waals surface area (Å²) in [6, 6.07) is 17.8. The molecule has 0 heterocycles. The van der Waals surface area contributed by atoms with Gasteiger partial charge in [-0.25, -0.2) is 0 Å². The highest BCUT2D eigenvalue weighted by molar-refractivity contribution is 8.00. The smallest absolute Gasteiger partial charge is 0.230 e. The van der Waals surface area contributed by atoms with Gasteiger partial charge >= 0.3 is 0 Å². The Hall–Kier alpha value is -1.59. The number of nitrogens with two attached hydrogens (primary N) is 1. The van der Waals surface area contributed by atoms with Crippen LogP contribution in [0.2, 0.25) is 0 Å². The summed E-state index contributed by atoms with van der Waals surface area (Å²) >= 11 is 3.20. The normalized spacial score (nSPS) is 10.3. The first-order valence-electron chi connectivity index (χ1n) is 6.67. The molecule has 0 aliphatic heterocycles. The van der Waals surface area contributed by atoms with E-state index < -0.39 is 0 Å². The maximum absolute atomic E-state index is 11.8. The molecule has 0 spiro atoms. The Morgan fingerprint density at radius 1 is 1.00 bits per heavy atom. The molecule has 0 saturated heterocycles. The number of nitrogens with one attached hydrogen (secondary N) is 1. The highest BCUT2D eigenvalue weighted by Gasteiger charge is 2.04. The number of hydrogen-bond acceptors (Lipinski definition) is 4. The van der Waals surface area contributed by atoms with Crippen LogP contribution in [0, 0.1) is 0 Å². The van der Waals surface area contributed by atoms with E-state index in [1.165, 1.54) is 16.7 Å². The van der Waals surface area contributed by atoms with Crippen molar-refractivity contribution in [2.45, 2.75) is 9.79 Å². The minimum absolute atomic E-state index is 0.0388. The summed E-state index contributed by atoms with van der Waals surface area (Å²) < 4.78 is 0.